The molecule has 0 aromatic carbocycles. The molecular formula is C15H14ClN5O3S. The highest BCUT2D eigenvalue weighted by molar-refractivity contribution is 7.89. The fourth-order valence-corrected chi connectivity index (χ4v) is 4.31. The number of sulfonamides is 1. The summed E-state index contributed by atoms with van der Waals surface area (Å²) in [6.07, 6.45) is 6.89. The standard InChI is InChI=1S/C15H14ClN5O3S/c1-10-17-7-15(24-10)25(22,23)20-4-2-11(3-5-20)12-8-21-14(6-13(12)16)18-9-19-21/h2,6-9H,3-5H2,1H3. The zero-order valence-corrected chi connectivity index (χ0v) is 14.8. The van der Waals surface area contributed by atoms with Crippen molar-refractivity contribution >= 4 is 32.8 Å². The molecule has 0 fully saturated rings. The first kappa shape index (κ1) is 16.2. The summed E-state index contributed by atoms with van der Waals surface area (Å²) < 4.78 is 33.3. The Morgan fingerprint density at radius 3 is 2.84 bits per heavy atom. The first-order chi connectivity index (χ1) is 11.9. The highest BCUT2D eigenvalue weighted by atomic mass is 35.5. The number of fused-ring (bicyclic) bond motifs is 1. The fraction of sp³-hybridized carbons (Fsp3) is 0.267. The van der Waals surface area contributed by atoms with Gasteiger partial charge in [0.05, 0.1) is 11.2 Å². The van der Waals surface area contributed by atoms with E-state index in [1.54, 1.807) is 23.7 Å². The van der Waals surface area contributed by atoms with Gasteiger partial charge in [-0.2, -0.15) is 9.40 Å². The zero-order chi connectivity index (χ0) is 17.6. The molecule has 0 aliphatic carbocycles. The third kappa shape index (κ3) is 2.84. The molecule has 0 saturated carbocycles. The topological polar surface area (TPSA) is 93.6 Å². The molecule has 4 heterocycles. The van der Waals surface area contributed by atoms with E-state index in [4.69, 9.17) is 16.0 Å². The minimum Gasteiger partial charge on any atom is -0.428 e. The van der Waals surface area contributed by atoms with Gasteiger partial charge < -0.3 is 4.42 Å². The van der Waals surface area contributed by atoms with Gasteiger partial charge in [-0.3, -0.25) is 0 Å². The van der Waals surface area contributed by atoms with Crippen molar-refractivity contribution in [2.45, 2.75) is 18.4 Å². The lowest BCUT2D eigenvalue weighted by Gasteiger charge is -2.25. The van der Waals surface area contributed by atoms with E-state index in [9.17, 15) is 8.42 Å². The van der Waals surface area contributed by atoms with Crippen LogP contribution in [0.3, 0.4) is 0 Å². The summed E-state index contributed by atoms with van der Waals surface area (Å²) in [5, 5.41) is 4.53. The maximum atomic E-state index is 12.6. The largest absolute Gasteiger partial charge is 0.428 e. The third-order valence-corrected chi connectivity index (χ3v) is 6.10. The third-order valence-electron chi connectivity index (χ3n) is 4.08. The van der Waals surface area contributed by atoms with E-state index >= 15 is 0 Å². The van der Waals surface area contributed by atoms with Crippen molar-refractivity contribution in [3.05, 3.63) is 47.3 Å². The molecule has 0 radical (unpaired) electrons. The summed E-state index contributed by atoms with van der Waals surface area (Å²) in [6, 6.07) is 1.74. The first-order valence-electron chi connectivity index (χ1n) is 7.56. The van der Waals surface area contributed by atoms with Crippen molar-refractivity contribution in [3.63, 3.8) is 0 Å². The molecule has 0 bridgehead atoms. The molecule has 25 heavy (non-hydrogen) atoms. The predicted molar refractivity (Wildman–Crippen MR) is 90.6 cm³/mol. The molecule has 0 saturated heterocycles. The van der Waals surface area contributed by atoms with Crippen LogP contribution in [0.4, 0.5) is 0 Å². The smallest absolute Gasteiger partial charge is 0.278 e. The Labute approximate surface area is 148 Å². The number of halogens is 1. The molecule has 3 aromatic rings. The Morgan fingerprint density at radius 2 is 2.16 bits per heavy atom. The Bertz CT molecular complexity index is 1090. The van der Waals surface area contributed by atoms with Crippen molar-refractivity contribution in [2.75, 3.05) is 13.1 Å². The second-order valence-electron chi connectivity index (χ2n) is 5.64. The van der Waals surface area contributed by atoms with Crippen LogP contribution < -0.4 is 0 Å². The summed E-state index contributed by atoms with van der Waals surface area (Å²) in [5.74, 6) is 0.319. The lowest BCUT2D eigenvalue weighted by Crippen LogP contribution is -2.34. The van der Waals surface area contributed by atoms with Crippen LogP contribution >= 0.6 is 11.6 Å². The van der Waals surface area contributed by atoms with Crippen LogP contribution in [0, 0.1) is 6.92 Å². The van der Waals surface area contributed by atoms with Gasteiger partial charge in [-0.1, -0.05) is 17.7 Å². The van der Waals surface area contributed by atoms with Gasteiger partial charge in [0.1, 0.15) is 6.33 Å². The number of oxazole rings is 1. The number of pyridine rings is 1. The molecule has 10 heteroatoms. The van der Waals surface area contributed by atoms with E-state index < -0.39 is 10.0 Å². The minimum atomic E-state index is -3.68. The van der Waals surface area contributed by atoms with Crippen LogP contribution in [0.5, 0.6) is 0 Å². The Hall–Kier alpha value is -2.23. The Balaban J connectivity index is 1.62. The number of aryl methyl sites for hydroxylation is 1. The molecule has 4 rings (SSSR count). The zero-order valence-electron chi connectivity index (χ0n) is 13.3. The molecular weight excluding hydrogens is 366 g/mol. The van der Waals surface area contributed by atoms with Crippen LogP contribution in [0.25, 0.3) is 11.2 Å². The van der Waals surface area contributed by atoms with Crippen LogP contribution in [-0.2, 0) is 10.0 Å². The van der Waals surface area contributed by atoms with Crippen molar-refractivity contribution in [3.8, 4) is 0 Å². The number of nitrogens with zero attached hydrogens (tertiary/aromatic N) is 5. The molecule has 0 amide bonds. The monoisotopic (exact) mass is 379 g/mol. The van der Waals surface area contributed by atoms with Gasteiger partial charge in [-0.25, -0.2) is 22.9 Å². The quantitative estimate of drug-likeness (QED) is 0.692. The average Bonchev–Trinajstić information content (AvgIpc) is 3.23. The highest BCUT2D eigenvalue weighted by Crippen LogP contribution is 2.30. The maximum absolute atomic E-state index is 12.6. The predicted octanol–water partition coefficient (Wildman–Crippen LogP) is 2.16. The van der Waals surface area contributed by atoms with Gasteiger partial charge in [0.2, 0.25) is 0 Å². The summed E-state index contributed by atoms with van der Waals surface area (Å²) in [7, 11) is -3.68. The van der Waals surface area contributed by atoms with Gasteiger partial charge >= 0.3 is 0 Å². The number of rotatable bonds is 3. The summed E-state index contributed by atoms with van der Waals surface area (Å²) in [5.41, 5.74) is 2.46. The summed E-state index contributed by atoms with van der Waals surface area (Å²) in [6.45, 7) is 2.18. The van der Waals surface area contributed by atoms with E-state index in [-0.39, 0.29) is 11.6 Å². The van der Waals surface area contributed by atoms with E-state index in [2.05, 4.69) is 15.1 Å². The fourth-order valence-electron chi connectivity index (χ4n) is 2.77. The molecule has 3 aromatic heterocycles. The summed E-state index contributed by atoms with van der Waals surface area (Å²) in [4.78, 5) is 7.94. The van der Waals surface area contributed by atoms with Gasteiger partial charge in [0.15, 0.2) is 11.5 Å². The van der Waals surface area contributed by atoms with Gasteiger partial charge in [0, 0.05) is 37.8 Å². The van der Waals surface area contributed by atoms with Crippen LogP contribution in [-0.4, -0.2) is 45.4 Å². The molecule has 0 N–H and O–H groups in total. The molecule has 1 aliphatic heterocycles. The lowest BCUT2D eigenvalue weighted by atomic mass is 10.0. The summed E-state index contributed by atoms with van der Waals surface area (Å²) >= 11 is 6.34. The number of hydrogen-bond acceptors (Lipinski definition) is 6. The molecule has 130 valence electrons. The van der Waals surface area contributed by atoms with Crippen molar-refractivity contribution in [2.24, 2.45) is 0 Å². The van der Waals surface area contributed by atoms with Crippen molar-refractivity contribution in [1.82, 2.24) is 23.9 Å². The van der Waals surface area contributed by atoms with Gasteiger partial charge in [0.25, 0.3) is 15.1 Å². The normalized spacial score (nSPS) is 16.3. The molecule has 8 nitrogen and oxygen atoms in total. The highest BCUT2D eigenvalue weighted by Gasteiger charge is 2.30. The van der Waals surface area contributed by atoms with Crippen molar-refractivity contribution < 1.29 is 12.8 Å². The lowest BCUT2D eigenvalue weighted by molar-refractivity contribution is 0.383. The van der Waals surface area contributed by atoms with Crippen molar-refractivity contribution in [1.29, 1.82) is 0 Å². The molecule has 1 aliphatic rings. The Kier molecular flexibility index (Phi) is 3.86. The molecule has 0 unspecified atom stereocenters. The number of aromatic nitrogens is 4. The van der Waals surface area contributed by atoms with Crippen LogP contribution in [0.15, 0.2) is 40.4 Å². The second kappa shape index (κ2) is 5.94. The van der Waals surface area contributed by atoms with Crippen LogP contribution in [0.1, 0.15) is 17.9 Å². The first-order valence-corrected chi connectivity index (χ1v) is 9.38. The molecule has 0 spiro atoms. The van der Waals surface area contributed by atoms with E-state index in [1.807, 2.05) is 6.08 Å². The minimum absolute atomic E-state index is 0.135. The number of hydrogen-bond donors (Lipinski definition) is 0. The van der Waals surface area contributed by atoms with E-state index in [0.29, 0.717) is 29.5 Å². The average molecular weight is 380 g/mol. The Morgan fingerprint density at radius 1 is 1.32 bits per heavy atom. The molecule has 0 atom stereocenters. The second-order valence-corrected chi connectivity index (χ2v) is 7.91. The van der Waals surface area contributed by atoms with Crippen LogP contribution in [0.2, 0.25) is 5.02 Å². The van der Waals surface area contributed by atoms with Gasteiger partial charge in [-0.15, -0.1) is 0 Å². The van der Waals surface area contributed by atoms with E-state index in [1.165, 1.54) is 16.8 Å². The SMILES string of the molecule is Cc1ncc(S(=O)(=O)N2CC=C(c3cn4ncnc4cc3Cl)CC2)o1. The van der Waals surface area contributed by atoms with Gasteiger partial charge in [-0.05, 0) is 12.0 Å². The maximum Gasteiger partial charge on any atom is 0.278 e. The van der Waals surface area contributed by atoms with E-state index in [0.717, 1.165) is 11.1 Å².